The van der Waals surface area contributed by atoms with Crippen LogP contribution in [0.4, 0.5) is 0 Å². The number of aromatic carboxylic acids is 1. The molecule has 0 aromatic carbocycles. The molecule has 0 fully saturated rings. The lowest BCUT2D eigenvalue weighted by molar-refractivity contribution is 0.0689. The van der Waals surface area contributed by atoms with Gasteiger partial charge in [0.2, 0.25) is 0 Å². The summed E-state index contributed by atoms with van der Waals surface area (Å²) in [5.41, 5.74) is -0.219. The quantitative estimate of drug-likeness (QED) is 0.652. The van der Waals surface area contributed by atoms with Gasteiger partial charge in [-0.2, -0.15) is 0 Å². The number of aryl methyl sites for hydroxylation is 1. The van der Waals surface area contributed by atoms with Crippen molar-refractivity contribution in [1.29, 1.82) is 0 Å². The maximum absolute atomic E-state index is 10.9. The molecular formula is C7H8N2O3. The molecule has 0 bridgehead atoms. The number of hydrogen-bond acceptors (Lipinski definition) is 3. The van der Waals surface area contributed by atoms with Gasteiger partial charge in [-0.15, -0.1) is 0 Å². The number of aromatic amines is 1. The third-order valence-electron chi connectivity index (χ3n) is 1.41. The van der Waals surface area contributed by atoms with Gasteiger partial charge in [0.1, 0.15) is 5.69 Å². The molecule has 0 unspecified atom stereocenters. The first-order valence-corrected chi connectivity index (χ1v) is 3.47. The molecule has 0 atom stereocenters. The number of aromatic nitrogens is 2. The third-order valence-corrected chi connectivity index (χ3v) is 1.41. The molecule has 5 heteroatoms. The number of nitrogens with one attached hydrogen (secondary N) is 1. The van der Waals surface area contributed by atoms with Crippen LogP contribution in [0.5, 0.6) is 0 Å². The standard InChI is InChI=1S/C7H8N2O3/c1-2-4-6(10)8-3-5(9-4)7(11)12/h3H,2H2,1H3,(H,8,10)(H,11,12). The molecule has 5 nitrogen and oxygen atoms in total. The minimum absolute atomic E-state index is 0.133. The molecule has 0 saturated carbocycles. The van der Waals surface area contributed by atoms with E-state index in [-0.39, 0.29) is 16.9 Å². The average molecular weight is 168 g/mol. The lowest BCUT2D eigenvalue weighted by Crippen LogP contribution is -2.17. The van der Waals surface area contributed by atoms with Gasteiger partial charge in [0.25, 0.3) is 5.56 Å². The fourth-order valence-corrected chi connectivity index (χ4v) is 0.795. The van der Waals surface area contributed by atoms with Crippen molar-refractivity contribution in [3.8, 4) is 0 Å². The minimum Gasteiger partial charge on any atom is -0.476 e. The molecule has 1 aromatic rings. The van der Waals surface area contributed by atoms with Crippen molar-refractivity contribution < 1.29 is 9.90 Å². The Labute approximate surface area is 68.1 Å². The van der Waals surface area contributed by atoms with Crippen molar-refractivity contribution in [2.45, 2.75) is 13.3 Å². The lowest BCUT2D eigenvalue weighted by Gasteiger charge is -1.95. The molecule has 0 aliphatic heterocycles. The third kappa shape index (κ3) is 1.50. The van der Waals surface area contributed by atoms with Crippen LogP contribution in [0.15, 0.2) is 11.0 Å². The molecule has 2 N–H and O–H groups in total. The van der Waals surface area contributed by atoms with Crippen LogP contribution in [0.3, 0.4) is 0 Å². The number of H-pyrrole nitrogens is 1. The van der Waals surface area contributed by atoms with Crippen LogP contribution < -0.4 is 5.56 Å². The Hall–Kier alpha value is -1.65. The predicted octanol–water partition coefficient (Wildman–Crippen LogP) is 0.0305. The summed E-state index contributed by atoms with van der Waals surface area (Å²) in [4.78, 5) is 27.3. The van der Waals surface area contributed by atoms with Crippen molar-refractivity contribution in [2.24, 2.45) is 0 Å². The van der Waals surface area contributed by atoms with Gasteiger partial charge in [-0.1, -0.05) is 6.92 Å². The Balaban J connectivity index is 3.23. The first-order valence-electron chi connectivity index (χ1n) is 3.47. The van der Waals surface area contributed by atoms with Crippen LogP contribution in [-0.2, 0) is 6.42 Å². The smallest absolute Gasteiger partial charge is 0.356 e. The van der Waals surface area contributed by atoms with Crippen LogP contribution in [0, 0.1) is 0 Å². The molecular weight excluding hydrogens is 160 g/mol. The summed E-state index contributed by atoms with van der Waals surface area (Å²) in [5, 5.41) is 8.51. The summed E-state index contributed by atoms with van der Waals surface area (Å²) in [6.45, 7) is 1.74. The monoisotopic (exact) mass is 168 g/mol. The zero-order valence-corrected chi connectivity index (χ0v) is 6.50. The second kappa shape index (κ2) is 3.17. The Morgan fingerprint density at radius 1 is 1.75 bits per heavy atom. The highest BCUT2D eigenvalue weighted by molar-refractivity contribution is 5.84. The zero-order valence-electron chi connectivity index (χ0n) is 6.50. The summed E-state index contributed by atoms with van der Waals surface area (Å²) < 4.78 is 0. The van der Waals surface area contributed by atoms with Crippen LogP contribution >= 0.6 is 0 Å². The first-order chi connectivity index (χ1) is 5.65. The van der Waals surface area contributed by atoms with Crippen molar-refractivity contribution in [3.63, 3.8) is 0 Å². The largest absolute Gasteiger partial charge is 0.476 e. The van der Waals surface area contributed by atoms with Gasteiger partial charge in [0.05, 0.1) is 0 Å². The van der Waals surface area contributed by atoms with Gasteiger partial charge < -0.3 is 10.1 Å². The van der Waals surface area contributed by atoms with E-state index in [1.165, 1.54) is 0 Å². The Kier molecular flexibility index (Phi) is 2.23. The molecule has 0 aliphatic rings. The number of rotatable bonds is 2. The Bertz CT molecular complexity index is 356. The fourth-order valence-electron chi connectivity index (χ4n) is 0.795. The van der Waals surface area contributed by atoms with Gasteiger partial charge in [-0.05, 0) is 6.42 Å². The van der Waals surface area contributed by atoms with Crippen molar-refractivity contribution in [2.75, 3.05) is 0 Å². The van der Waals surface area contributed by atoms with Gasteiger partial charge in [-0.3, -0.25) is 4.79 Å². The summed E-state index contributed by atoms with van der Waals surface area (Å²) in [6, 6.07) is 0. The second-order valence-corrected chi connectivity index (χ2v) is 2.22. The molecule has 64 valence electrons. The average Bonchev–Trinajstić information content (AvgIpc) is 2.05. The van der Waals surface area contributed by atoms with E-state index in [1.54, 1.807) is 6.92 Å². The number of carbonyl (C=O) groups is 1. The van der Waals surface area contributed by atoms with Crippen LogP contribution in [0.2, 0.25) is 0 Å². The number of nitrogens with zero attached hydrogens (tertiary/aromatic N) is 1. The van der Waals surface area contributed by atoms with E-state index in [9.17, 15) is 9.59 Å². The van der Waals surface area contributed by atoms with E-state index in [0.29, 0.717) is 6.42 Å². The normalized spacial score (nSPS) is 9.75. The topological polar surface area (TPSA) is 83.0 Å². The number of carboxylic acid groups (broad SMARTS) is 1. The van der Waals surface area contributed by atoms with Gasteiger partial charge >= 0.3 is 5.97 Å². The van der Waals surface area contributed by atoms with Gasteiger partial charge in [0.15, 0.2) is 5.69 Å². The Morgan fingerprint density at radius 2 is 2.42 bits per heavy atom. The summed E-state index contributed by atoms with van der Waals surface area (Å²) in [7, 11) is 0. The SMILES string of the molecule is CCc1nc(C(=O)O)c[nH]c1=O. The lowest BCUT2D eigenvalue weighted by atomic mass is 10.3. The highest BCUT2D eigenvalue weighted by atomic mass is 16.4. The highest BCUT2D eigenvalue weighted by Gasteiger charge is 2.06. The molecule has 0 spiro atoms. The van der Waals surface area contributed by atoms with Crippen LogP contribution in [0.1, 0.15) is 23.1 Å². The maximum Gasteiger partial charge on any atom is 0.356 e. The molecule has 1 rings (SSSR count). The highest BCUT2D eigenvalue weighted by Crippen LogP contribution is 1.91. The molecule has 0 amide bonds. The number of hydrogen-bond donors (Lipinski definition) is 2. The maximum atomic E-state index is 10.9. The molecule has 12 heavy (non-hydrogen) atoms. The van der Waals surface area contributed by atoms with E-state index in [1.807, 2.05) is 0 Å². The fraction of sp³-hybridized carbons (Fsp3) is 0.286. The summed E-state index contributed by atoms with van der Waals surface area (Å²) >= 11 is 0. The molecule has 0 saturated heterocycles. The minimum atomic E-state index is -1.14. The van der Waals surface area contributed by atoms with E-state index in [4.69, 9.17) is 5.11 Å². The predicted molar refractivity (Wildman–Crippen MR) is 41.2 cm³/mol. The summed E-state index contributed by atoms with van der Waals surface area (Å²) in [5.74, 6) is -1.14. The van der Waals surface area contributed by atoms with Crippen molar-refractivity contribution in [1.82, 2.24) is 9.97 Å². The van der Waals surface area contributed by atoms with E-state index >= 15 is 0 Å². The number of carboxylic acids is 1. The van der Waals surface area contributed by atoms with E-state index in [2.05, 4.69) is 9.97 Å². The summed E-state index contributed by atoms with van der Waals surface area (Å²) in [6.07, 6.45) is 1.51. The van der Waals surface area contributed by atoms with Gasteiger partial charge in [0, 0.05) is 6.20 Å². The van der Waals surface area contributed by atoms with Gasteiger partial charge in [-0.25, -0.2) is 9.78 Å². The second-order valence-electron chi connectivity index (χ2n) is 2.22. The molecule has 1 aromatic heterocycles. The Morgan fingerprint density at radius 3 is 2.92 bits per heavy atom. The van der Waals surface area contributed by atoms with Crippen molar-refractivity contribution in [3.05, 3.63) is 27.9 Å². The first kappa shape index (κ1) is 8.45. The van der Waals surface area contributed by atoms with Crippen LogP contribution in [-0.4, -0.2) is 21.0 Å². The van der Waals surface area contributed by atoms with Crippen molar-refractivity contribution >= 4 is 5.97 Å². The molecule has 0 aliphatic carbocycles. The van der Waals surface area contributed by atoms with E-state index < -0.39 is 5.97 Å². The van der Waals surface area contributed by atoms with Crippen LogP contribution in [0.25, 0.3) is 0 Å². The van der Waals surface area contributed by atoms with E-state index in [0.717, 1.165) is 6.20 Å². The molecule has 0 radical (unpaired) electrons. The zero-order chi connectivity index (χ0) is 9.14. The molecule has 1 heterocycles.